The average Bonchev–Trinajstić information content (AvgIpc) is 3.15. The maximum atomic E-state index is 10.6. The summed E-state index contributed by atoms with van der Waals surface area (Å²) < 4.78 is 6.08. The van der Waals surface area contributed by atoms with E-state index in [1.807, 2.05) is 30.8 Å². The monoisotopic (exact) mass is 359 g/mol. The number of nitrogens with zero attached hydrogens (tertiary/aromatic N) is 3. The van der Waals surface area contributed by atoms with Gasteiger partial charge in [0.1, 0.15) is 24.5 Å². The standard InChI is InChI=1S/C15H33N7O3/c1-8(4-16)20(2)5-9-11(23)12(24)15(25-9)22-7-18-10-13(17)19-6-21(3)14(10)22/h8-15,18-19,23-24H,4-7,16-17H2,1-3H3/t8?,9-,10?,11-,12-,13?,14?,15-/m1/s1. The fraction of sp³-hybridized carbons (Fsp3) is 1.00. The zero-order chi connectivity index (χ0) is 18.3. The van der Waals surface area contributed by atoms with Crippen molar-refractivity contribution >= 4 is 0 Å². The topological polar surface area (TPSA) is 136 Å². The first kappa shape index (κ1) is 19.4. The molecule has 0 aromatic rings. The molecule has 0 saturated carbocycles. The molecule has 3 rings (SSSR count). The normalized spacial score (nSPS) is 44.4. The van der Waals surface area contributed by atoms with Gasteiger partial charge in [-0.05, 0) is 21.0 Å². The number of aliphatic hydroxyl groups excluding tert-OH is 2. The van der Waals surface area contributed by atoms with Gasteiger partial charge in [0, 0.05) is 19.1 Å². The lowest BCUT2D eigenvalue weighted by Gasteiger charge is -2.43. The average molecular weight is 359 g/mol. The van der Waals surface area contributed by atoms with Crippen LogP contribution in [-0.2, 0) is 4.74 Å². The van der Waals surface area contributed by atoms with E-state index in [0.717, 1.165) is 0 Å². The third-order valence-corrected chi connectivity index (χ3v) is 5.81. The number of likely N-dealkylation sites (N-methyl/N-ethyl adjacent to an activating group) is 2. The Kier molecular flexibility index (Phi) is 5.95. The van der Waals surface area contributed by atoms with Gasteiger partial charge in [0.25, 0.3) is 0 Å². The van der Waals surface area contributed by atoms with Crippen LogP contribution in [0.4, 0.5) is 0 Å². The summed E-state index contributed by atoms with van der Waals surface area (Å²) in [6, 6.07) is 0.212. The smallest absolute Gasteiger partial charge is 0.142 e. The first-order valence-electron chi connectivity index (χ1n) is 8.95. The maximum absolute atomic E-state index is 10.6. The molecule has 8 atom stereocenters. The first-order valence-corrected chi connectivity index (χ1v) is 8.95. The summed E-state index contributed by atoms with van der Waals surface area (Å²) in [7, 11) is 3.95. The van der Waals surface area contributed by atoms with E-state index in [4.69, 9.17) is 16.2 Å². The number of ether oxygens (including phenoxy) is 1. The molecule has 3 fully saturated rings. The largest absolute Gasteiger partial charge is 0.387 e. The lowest BCUT2D eigenvalue weighted by Crippen LogP contribution is -2.68. The fourth-order valence-corrected chi connectivity index (χ4v) is 3.96. The van der Waals surface area contributed by atoms with Crippen molar-refractivity contribution in [3.63, 3.8) is 0 Å². The van der Waals surface area contributed by atoms with Gasteiger partial charge >= 0.3 is 0 Å². The molecule has 0 bridgehead atoms. The van der Waals surface area contributed by atoms with Gasteiger partial charge in [0.15, 0.2) is 0 Å². The van der Waals surface area contributed by atoms with Gasteiger partial charge in [0.05, 0.1) is 31.7 Å². The Morgan fingerprint density at radius 3 is 2.68 bits per heavy atom. The molecule has 3 aliphatic rings. The lowest BCUT2D eigenvalue weighted by molar-refractivity contribution is -0.127. The van der Waals surface area contributed by atoms with Crippen molar-refractivity contribution in [2.45, 2.75) is 55.9 Å². The van der Waals surface area contributed by atoms with Gasteiger partial charge < -0.3 is 26.4 Å². The quantitative estimate of drug-likeness (QED) is 0.289. The van der Waals surface area contributed by atoms with Gasteiger partial charge in [-0.15, -0.1) is 0 Å². The second-order valence-corrected chi connectivity index (χ2v) is 7.53. The molecule has 0 spiro atoms. The minimum absolute atomic E-state index is 0.00236. The minimum atomic E-state index is -0.966. The van der Waals surface area contributed by atoms with E-state index < -0.39 is 24.5 Å². The van der Waals surface area contributed by atoms with Crippen molar-refractivity contribution < 1.29 is 14.9 Å². The van der Waals surface area contributed by atoms with E-state index in [0.29, 0.717) is 26.4 Å². The number of fused-ring (bicyclic) bond motifs is 1. The Balaban J connectivity index is 1.68. The molecule has 0 aromatic carbocycles. The van der Waals surface area contributed by atoms with Crippen LogP contribution in [0.25, 0.3) is 0 Å². The van der Waals surface area contributed by atoms with Crippen molar-refractivity contribution in [3.05, 3.63) is 0 Å². The Hall–Kier alpha value is -0.400. The van der Waals surface area contributed by atoms with E-state index in [9.17, 15) is 10.2 Å². The minimum Gasteiger partial charge on any atom is -0.387 e. The molecule has 0 aromatic heterocycles. The molecule has 0 aliphatic carbocycles. The molecular formula is C15H33N7O3. The second-order valence-electron chi connectivity index (χ2n) is 7.53. The van der Waals surface area contributed by atoms with Crippen LogP contribution in [0.3, 0.4) is 0 Å². The van der Waals surface area contributed by atoms with Gasteiger partial charge in [0.2, 0.25) is 0 Å². The van der Waals surface area contributed by atoms with Crippen LogP contribution in [0.15, 0.2) is 0 Å². The predicted molar refractivity (Wildman–Crippen MR) is 93.0 cm³/mol. The molecule has 0 radical (unpaired) electrons. The summed E-state index contributed by atoms with van der Waals surface area (Å²) in [6.45, 7) is 4.27. The molecule has 3 saturated heterocycles. The zero-order valence-electron chi connectivity index (χ0n) is 15.2. The van der Waals surface area contributed by atoms with Crippen LogP contribution in [0.2, 0.25) is 0 Å². The van der Waals surface area contributed by atoms with Crippen LogP contribution in [0, 0.1) is 0 Å². The molecule has 8 N–H and O–H groups in total. The summed E-state index contributed by atoms with van der Waals surface area (Å²) in [5.41, 5.74) is 11.9. The summed E-state index contributed by atoms with van der Waals surface area (Å²) in [6.07, 6.45) is -3.09. The van der Waals surface area contributed by atoms with E-state index in [-0.39, 0.29) is 24.4 Å². The number of rotatable bonds is 5. The van der Waals surface area contributed by atoms with Gasteiger partial charge in [-0.1, -0.05) is 0 Å². The molecule has 10 heteroatoms. The molecule has 3 heterocycles. The molecular weight excluding hydrogens is 326 g/mol. The Morgan fingerprint density at radius 2 is 2.00 bits per heavy atom. The third-order valence-electron chi connectivity index (χ3n) is 5.81. The number of nitrogens with two attached hydrogens (primary N) is 2. The number of hydrogen-bond acceptors (Lipinski definition) is 10. The fourth-order valence-electron chi connectivity index (χ4n) is 3.96. The van der Waals surface area contributed by atoms with Crippen LogP contribution in [0.1, 0.15) is 6.92 Å². The highest BCUT2D eigenvalue weighted by atomic mass is 16.6. The molecule has 3 aliphatic heterocycles. The van der Waals surface area contributed by atoms with Crippen LogP contribution < -0.4 is 22.1 Å². The summed E-state index contributed by atoms with van der Waals surface area (Å²) in [5.74, 6) is 0. The molecule has 4 unspecified atom stereocenters. The highest BCUT2D eigenvalue weighted by molar-refractivity contribution is 5.02. The van der Waals surface area contributed by atoms with Crippen molar-refractivity contribution in [1.82, 2.24) is 25.3 Å². The maximum Gasteiger partial charge on any atom is 0.142 e. The first-order chi connectivity index (χ1) is 11.8. The van der Waals surface area contributed by atoms with Crippen molar-refractivity contribution in [2.24, 2.45) is 11.5 Å². The number of aliphatic hydroxyl groups is 2. The van der Waals surface area contributed by atoms with E-state index >= 15 is 0 Å². The van der Waals surface area contributed by atoms with E-state index in [1.54, 1.807) is 0 Å². The highest BCUT2D eigenvalue weighted by Crippen LogP contribution is 2.30. The van der Waals surface area contributed by atoms with E-state index in [2.05, 4.69) is 15.5 Å². The second kappa shape index (κ2) is 7.69. The van der Waals surface area contributed by atoms with Crippen molar-refractivity contribution in [1.29, 1.82) is 0 Å². The summed E-state index contributed by atoms with van der Waals surface area (Å²) in [5, 5.41) is 27.7. The summed E-state index contributed by atoms with van der Waals surface area (Å²) in [4.78, 5) is 6.22. The predicted octanol–water partition coefficient (Wildman–Crippen LogP) is -3.95. The Morgan fingerprint density at radius 1 is 1.28 bits per heavy atom. The van der Waals surface area contributed by atoms with Gasteiger partial charge in [-0.2, -0.15) is 0 Å². The SMILES string of the molecule is CC(CN)N(C)C[C@H]1O[C@@H](N2CNC3C(N)NCN(C)C32)[C@H](O)[C@@H]1O. The highest BCUT2D eigenvalue weighted by Gasteiger charge is 2.52. The van der Waals surface area contributed by atoms with Crippen LogP contribution in [0.5, 0.6) is 0 Å². The number of nitrogens with one attached hydrogen (secondary N) is 2. The Bertz CT molecular complexity index is 459. The van der Waals surface area contributed by atoms with E-state index in [1.165, 1.54) is 0 Å². The van der Waals surface area contributed by atoms with Gasteiger partial charge in [-0.3, -0.25) is 20.4 Å². The lowest BCUT2D eigenvalue weighted by atomic mass is 10.1. The summed E-state index contributed by atoms with van der Waals surface area (Å²) >= 11 is 0. The van der Waals surface area contributed by atoms with Gasteiger partial charge in [-0.25, -0.2) is 4.90 Å². The van der Waals surface area contributed by atoms with Crippen LogP contribution >= 0.6 is 0 Å². The number of hydrogen-bond donors (Lipinski definition) is 6. The third kappa shape index (κ3) is 3.56. The van der Waals surface area contributed by atoms with Crippen molar-refractivity contribution in [3.8, 4) is 0 Å². The zero-order valence-corrected chi connectivity index (χ0v) is 15.2. The molecule has 0 amide bonds. The van der Waals surface area contributed by atoms with Crippen LogP contribution in [-0.4, -0.2) is 114 Å². The Labute approximate surface area is 149 Å². The molecule has 146 valence electrons. The molecule has 10 nitrogen and oxygen atoms in total. The van der Waals surface area contributed by atoms with Crippen molar-refractivity contribution in [2.75, 3.05) is 40.5 Å². The molecule has 25 heavy (non-hydrogen) atoms.